The van der Waals surface area contributed by atoms with Crippen LogP contribution in [0.25, 0.3) is 0 Å². The van der Waals surface area contributed by atoms with E-state index in [4.69, 9.17) is 0 Å². The quantitative estimate of drug-likeness (QED) is 0.880. The van der Waals surface area contributed by atoms with Crippen molar-refractivity contribution in [1.29, 1.82) is 0 Å². The number of rotatable bonds is 2. The highest BCUT2D eigenvalue weighted by Gasteiger charge is 2.44. The maximum atomic E-state index is 10.9. The van der Waals surface area contributed by atoms with E-state index in [-0.39, 0.29) is 5.41 Å². The van der Waals surface area contributed by atoms with Gasteiger partial charge in [-0.25, -0.2) is 0 Å². The summed E-state index contributed by atoms with van der Waals surface area (Å²) >= 11 is 3.48. The lowest BCUT2D eigenvalue weighted by atomic mass is 9.68. The highest BCUT2D eigenvalue weighted by molar-refractivity contribution is 9.10. The van der Waals surface area contributed by atoms with Gasteiger partial charge in [0, 0.05) is 22.9 Å². The van der Waals surface area contributed by atoms with E-state index >= 15 is 0 Å². The Balaban J connectivity index is 2.21. The second-order valence-corrected chi connectivity index (χ2v) is 6.56. The summed E-state index contributed by atoms with van der Waals surface area (Å²) in [4.78, 5) is 0. The smallest absolute Gasteiger partial charge is 0.0762 e. The Morgan fingerprint density at radius 2 is 2.18 bits per heavy atom. The molecule has 1 aromatic carbocycles. The number of nitrogens with one attached hydrogen (secondary N) is 1. The second-order valence-electron chi connectivity index (χ2n) is 5.65. The normalized spacial score (nSPS) is 28.0. The van der Waals surface area contributed by atoms with Gasteiger partial charge < -0.3 is 10.4 Å². The summed E-state index contributed by atoms with van der Waals surface area (Å²) in [6.45, 7) is 6.04. The van der Waals surface area contributed by atoms with Crippen LogP contribution in [0.5, 0.6) is 0 Å². The maximum Gasteiger partial charge on any atom is 0.0762 e. The Morgan fingerprint density at radius 3 is 2.82 bits per heavy atom. The van der Waals surface area contributed by atoms with Crippen molar-refractivity contribution < 1.29 is 5.11 Å². The van der Waals surface area contributed by atoms with Crippen molar-refractivity contribution in [1.82, 2.24) is 5.32 Å². The van der Waals surface area contributed by atoms with E-state index in [1.807, 2.05) is 12.1 Å². The third kappa shape index (κ3) is 2.72. The summed E-state index contributed by atoms with van der Waals surface area (Å²) in [5, 5.41) is 14.2. The Hall–Kier alpha value is -0.380. The van der Waals surface area contributed by atoms with Gasteiger partial charge in [-0.1, -0.05) is 41.9 Å². The van der Waals surface area contributed by atoms with E-state index < -0.39 is 5.60 Å². The van der Waals surface area contributed by atoms with Crippen LogP contribution in [0.2, 0.25) is 0 Å². The minimum Gasteiger partial charge on any atom is -0.389 e. The second kappa shape index (κ2) is 4.71. The van der Waals surface area contributed by atoms with Crippen LogP contribution in [0.4, 0.5) is 0 Å². The fourth-order valence-electron chi connectivity index (χ4n) is 2.51. The van der Waals surface area contributed by atoms with Crippen LogP contribution in [0.3, 0.4) is 0 Å². The monoisotopic (exact) mass is 297 g/mol. The lowest BCUT2D eigenvalue weighted by Crippen LogP contribution is -2.57. The molecule has 94 valence electrons. The van der Waals surface area contributed by atoms with E-state index in [9.17, 15) is 5.11 Å². The van der Waals surface area contributed by atoms with Gasteiger partial charge in [0.05, 0.1) is 5.60 Å². The van der Waals surface area contributed by atoms with E-state index in [1.54, 1.807) is 0 Å². The molecule has 0 spiro atoms. The Morgan fingerprint density at radius 1 is 1.41 bits per heavy atom. The number of aliphatic hydroxyl groups is 1. The molecule has 1 aliphatic rings. The molecule has 0 radical (unpaired) electrons. The van der Waals surface area contributed by atoms with Crippen LogP contribution < -0.4 is 5.32 Å². The Kier molecular flexibility index (Phi) is 3.62. The van der Waals surface area contributed by atoms with E-state index in [0.717, 1.165) is 30.4 Å². The minimum atomic E-state index is -0.612. The Bertz CT molecular complexity index is 405. The SMILES string of the molecule is CC1(C)CNCCC1(O)Cc1cccc(Br)c1. The topological polar surface area (TPSA) is 32.3 Å². The first-order valence-electron chi connectivity index (χ1n) is 6.11. The van der Waals surface area contributed by atoms with Gasteiger partial charge in [-0.15, -0.1) is 0 Å². The molecule has 2 N–H and O–H groups in total. The zero-order chi connectivity index (χ0) is 12.5. The molecular weight excluding hydrogens is 278 g/mol. The summed E-state index contributed by atoms with van der Waals surface area (Å²) in [6.07, 6.45) is 1.54. The fraction of sp³-hybridized carbons (Fsp3) is 0.571. The lowest BCUT2D eigenvalue weighted by molar-refractivity contribution is -0.0869. The largest absolute Gasteiger partial charge is 0.389 e. The first-order valence-corrected chi connectivity index (χ1v) is 6.90. The molecule has 3 heteroatoms. The maximum absolute atomic E-state index is 10.9. The summed E-state index contributed by atoms with van der Waals surface area (Å²) < 4.78 is 1.07. The number of piperidine rings is 1. The fourth-order valence-corrected chi connectivity index (χ4v) is 2.96. The number of hydrogen-bond donors (Lipinski definition) is 2. The molecule has 17 heavy (non-hydrogen) atoms. The van der Waals surface area contributed by atoms with Crippen LogP contribution in [-0.4, -0.2) is 23.8 Å². The molecule has 0 aliphatic carbocycles. The average molecular weight is 298 g/mol. The van der Waals surface area contributed by atoms with Gasteiger partial charge in [0.15, 0.2) is 0 Å². The lowest BCUT2D eigenvalue weighted by Gasteiger charge is -2.47. The summed E-state index contributed by atoms with van der Waals surface area (Å²) in [5.41, 5.74) is 0.490. The average Bonchev–Trinajstić information content (AvgIpc) is 2.23. The molecule has 1 saturated heterocycles. The van der Waals surface area contributed by atoms with Gasteiger partial charge >= 0.3 is 0 Å². The zero-order valence-electron chi connectivity index (χ0n) is 10.5. The van der Waals surface area contributed by atoms with Crippen molar-refractivity contribution >= 4 is 15.9 Å². The van der Waals surface area contributed by atoms with Gasteiger partial charge in [0.2, 0.25) is 0 Å². The van der Waals surface area contributed by atoms with Crippen molar-refractivity contribution in [3.8, 4) is 0 Å². The van der Waals surface area contributed by atoms with Gasteiger partial charge in [-0.3, -0.25) is 0 Å². The van der Waals surface area contributed by atoms with Crippen LogP contribution in [-0.2, 0) is 6.42 Å². The molecule has 1 heterocycles. The molecule has 1 aliphatic heterocycles. The van der Waals surface area contributed by atoms with Crippen LogP contribution in [0, 0.1) is 5.41 Å². The highest BCUT2D eigenvalue weighted by Crippen LogP contribution is 2.38. The molecule has 2 nitrogen and oxygen atoms in total. The first-order chi connectivity index (χ1) is 7.93. The van der Waals surface area contributed by atoms with Crippen molar-refractivity contribution in [2.24, 2.45) is 5.41 Å². The molecule has 2 rings (SSSR count). The molecule has 0 bridgehead atoms. The molecule has 0 saturated carbocycles. The van der Waals surface area contributed by atoms with Crippen LogP contribution in [0.15, 0.2) is 28.7 Å². The minimum absolute atomic E-state index is 0.0897. The predicted molar refractivity (Wildman–Crippen MR) is 74.1 cm³/mol. The van der Waals surface area contributed by atoms with Gasteiger partial charge in [0.25, 0.3) is 0 Å². The molecule has 0 aromatic heterocycles. The van der Waals surface area contributed by atoms with E-state index in [0.29, 0.717) is 0 Å². The molecule has 0 amide bonds. The highest BCUT2D eigenvalue weighted by atomic mass is 79.9. The summed E-state index contributed by atoms with van der Waals surface area (Å²) in [5.74, 6) is 0. The molecule has 1 unspecified atom stereocenters. The zero-order valence-corrected chi connectivity index (χ0v) is 12.0. The molecule has 1 atom stereocenters. The van der Waals surface area contributed by atoms with Gasteiger partial charge in [-0.2, -0.15) is 0 Å². The summed E-state index contributed by atoms with van der Waals surface area (Å²) in [6, 6.07) is 8.22. The van der Waals surface area contributed by atoms with Crippen molar-refractivity contribution in [3.05, 3.63) is 34.3 Å². The molecule has 1 fully saturated rings. The molecular formula is C14H20BrNO. The van der Waals surface area contributed by atoms with Crippen molar-refractivity contribution in [2.45, 2.75) is 32.3 Å². The van der Waals surface area contributed by atoms with E-state index in [1.165, 1.54) is 5.56 Å². The third-order valence-corrected chi connectivity index (χ3v) is 4.42. The molecule has 1 aromatic rings. The van der Waals surface area contributed by atoms with Crippen molar-refractivity contribution in [3.63, 3.8) is 0 Å². The first kappa shape index (κ1) is 13.1. The van der Waals surface area contributed by atoms with Crippen molar-refractivity contribution in [2.75, 3.05) is 13.1 Å². The number of hydrogen-bond acceptors (Lipinski definition) is 2. The standard InChI is InChI=1S/C14H20BrNO/c1-13(2)10-16-7-6-14(13,17)9-11-4-3-5-12(15)8-11/h3-5,8,16-17H,6-7,9-10H2,1-2H3. The van der Waals surface area contributed by atoms with Crippen LogP contribution >= 0.6 is 15.9 Å². The third-order valence-electron chi connectivity index (χ3n) is 3.93. The Labute approximate surface area is 112 Å². The van der Waals surface area contributed by atoms with Crippen LogP contribution in [0.1, 0.15) is 25.8 Å². The number of benzene rings is 1. The number of halogens is 1. The van der Waals surface area contributed by atoms with Gasteiger partial charge in [-0.05, 0) is 30.7 Å². The summed E-state index contributed by atoms with van der Waals surface area (Å²) in [7, 11) is 0. The predicted octanol–water partition coefficient (Wildman–Crippen LogP) is 2.74. The van der Waals surface area contributed by atoms with Gasteiger partial charge in [0.1, 0.15) is 0 Å². The van der Waals surface area contributed by atoms with E-state index in [2.05, 4.69) is 47.2 Å².